The van der Waals surface area contributed by atoms with Gasteiger partial charge in [-0.05, 0) is 25.2 Å². The molecule has 11 heavy (non-hydrogen) atoms. The zero-order valence-corrected chi connectivity index (χ0v) is 5.79. The molecule has 0 amide bonds. The molecule has 0 bridgehead atoms. The summed E-state index contributed by atoms with van der Waals surface area (Å²) in [6.07, 6.45) is 2.29. The first-order chi connectivity index (χ1) is 4.68. The number of carboxylic acid groups (broad SMARTS) is 1. The first-order valence-corrected chi connectivity index (χ1v) is 3.58. The second-order valence-corrected chi connectivity index (χ2v) is 2.93. The van der Waals surface area contributed by atoms with Crippen molar-refractivity contribution in [1.82, 2.24) is 0 Å². The molecular weight excluding hydrogens is 171 g/mol. The summed E-state index contributed by atoms with van der Waals surface area (Å²) in [6.45, 7) is 0. The van der Waals surface area contributed by atoms with E-state index in [-0.39, 0.29) is 69.8 Å². The van der Waals surface area contributed by atoms with Crippen LogP contribution in [0.25, 0.3) is 0 Å². The van der Waals surface area contributed by atoms with Crippen LogP contribution in [0.15, 0.2) is 0 Å². The molecule has 2 atom stereocenters. The Balaban J connectivity index is 0.000001000. The van der Waals surface area contributed by atoms with Crippen LogP contribution < -0.4 is 0 Å². The van der Waals surface area contributed by atoms with Crippen LogP contribution >= 0.6 is 0 Å². The molecule has 1 fully saturated rings. The molecular formula is C7H13KO3. The van der Waals surface area contributed by atoms with E-state index in [1.54, 1.807) is 0 Å². The summed E-state index contributed by atoms with van der Waals surface area (Å²) >= 11 is 0. The number of hydrogen-bond donors (Lipinski definition) is 2. The number of aliphatic hydroxyl groups excluding tert-OH is 1. The van der Waals surface area contributed by atoms with Crippen molar-refractivity contribution in [3.05, 3.63) is 0 Å². The molecule has 0 aliphatic heterocycles. The summed E-state index contributed by atoms with van der Waals surface area (Å²) in [5, 5.41) is 17.4. The fourth-order valence-corrected chi connectivity index (χ4v) is 1.48. The summed E-state index contributed by atoms with van der Waals surface area (Å²) in [6, 6.07) is 0. The molecule has 1 rings (SSSR count). The van der Waals surface area contributed by atoms with Crippen molar-refractivity contribution in [2.45, 2.75) is 31.8 Å². The maximum absolute atomic E-state index is 10.2. The van der Waals surface area contributed by atoms with E-state index in [0.29, 0.717) is 6.42 Å². The third-order valence-electron chi connectivity index (χ3n) is 1.98. The monoisotopic (exact) mass is 184 g/mol. The quantitative estimate of drug-likeness (QED) is 0.593. The molecule has 2 N–H and O–H groups in total. The van der Waals surface area contributed by atoms with Crippen LogP contribution in [0.1, 0.15) is 25.7 Å². The van der Waals surface area contributed by atoms with Gasteiger partial charge in [0.15, 0.2) is 0 Å². The van der Waals surface area contributed by atoms with Gasteiger partial charge in [0.1, 0.15) is 0 Å². The van der Waals surface area contributed by atoms with Crippen LogP contribution in [0, 0.1) is 5.92 Å². The van der Waals surface area contributed by atoms with Crippen molar-refractivity contribution >= 4 is 57.4 Å². The van der Waals surface area contributed by atoms with Crippen LogP contribution in [0.5, 0.6) is 0 Å². The SMILES string of the molecule is O=C(O)CC1CCC(O)C1.[KH]. The Bertz CT molecular complexity index is 138. The van der Waals surface area contributed by atoms with Crippen LogP contribution in [-0.4, -0.2) is 73.7 Å². The van der Waals surface area contributed by atoms with E-state index in [4.69, 9.17) is 10.2 Å². The van der Waals surface area contributed by atoms with Gasteiger partial charge in [0.2, 0.25) is 0 Å². The van der Waals surface area contributed by atoms with Gasteiger partial charge in [-0.3, -0.25) is 4.79 Å². The zero-order chi connectivity index (χ0) is 7.56. The van der Waals surface area contributed by atoms with Crippen molar-refractivity contribution in [2.75, 3.05) is 0 Å². The van der Waals surface area contributed by atoms with Gasteiger partial charge in [0, 0.05) is 6.42 Å². The topological polar surface area (TPSA) is 57.5 Å². The molecule has 0 aromatic carbocycles. The van der Waals surface area contributed by atoms with Crippen molar-refractivity contribution in [1.29, 1.82) is 0 Å². The first-order valence-electron chi connectivity index (χ1n) is 3.58. The Morgan fingerprint density at radius 2 is 2.09 bits per heavy atom. The third-order valence-corrected chi connectivity index (χ3v) is 1.98. The molecule has 0 spiro atoms. The normalized spacial score (nSPS) is 29.5. The number of carbonyl (C=O) groups is 1. The predicted octanol–water partition coefficient (Wildman–Crippen LogP) is -0.0264. The van der Waals surface area contributed by atoms with Crippen LogP contribution in [0.2, 0.25) is 0 Å². The number of hydrogen-bond acceptors (Lipinski definition) is 2. The fourth-order valence-electron chi connectivity index (χ4n) is 1.48. The van der Waals surface area contributed by atoms with E-state index in [9.17, 15) is 4.79 Å². The fraction of sp³-hybridized carbons (Fsp3) is 0.857. The van der Waals surface area contributed by atoms with Crippen LogP contribution in [0.4, 0.5) is 0 Å². The van der Waals surface area contributed by atoms with E-state index in [1.165, 1.54) is 0 Å². The van der Waals surface area contributed by atoms with Crippen LogP contribution in [0.3, 0.4) is 0 Å². The number of aliphatic carboxylic acids is 1. The summed E-state index contributed by atoms with van der Waals surface area (Å²) in [4.78, 5) is 10.2. The average Bonchev–Trinajstić information content (AvgIpc) is 2.13. The molecule has 0 aromatic heterocycles. The summed E-state index contributed by atoms with van der Waals surface area (Å²) in [7, 11) is 0. The van der Waals surface area contributed by atoms with Gasteiger partial charge >= 0.3 is 57.4 Å². The van der Waals surface area contributed by atoms with E-state index in [2.05, 4.69) is 0 Å². The van der Waals surface area contributed by atoms with E-state index >= 15 is 0 Å². The van der Waals surface area contributed by atoms with Gasteiger partial charge in [0.05, 0.1) is 6.10 Å². The number of aliphatic hydroxyl groups is 1. The Hall–Kier alpha value is 1.07. The zero-order valence-electron chi connectivity index (χ0n) is 5.79. The molecule has 0 aromatic rings. The standard InChI is InChI=1S/C7H12O3.K.H/c8-6-2-1-5(3-6)4-7(9)10;;/h5-6,8H,1-4H2,(H,9,10);;. The van der Waals surface area contributed by atoms with E-state index < -0.39 is 5.97 Å². The van der Waals surface area contributed by atoms with E-state index in [0.717, 1.165) is 12.8 Å². The third kappa shape index (κ3) is 4.60. The predicted molar refractivity (Wildman–Crippen MR) is 42.7 cm³/mol. The molecule has 1 saturated carbocycles. The summed E-state index contributed by atoms with van der Waals surface area (Å²) < 4.78 is 0. The Morgan fingerprint density at radius 3 is 2.45 bits per heavy atom. The molecule has 4 heteroatoms. The maximum atomic E-state index is 10.2. The molecule has 60 valence electrons. The Kier molecular flexibility index (Phi) is 6.22. The van der Waals surface area contributed by atoms with Gasteiger partial charge in [-0.1, -0.05) is 0 Å². The molecule has 0 radical (unpaired) electrons. The second kappa shape index (κ2) is 5.67. The Morgan fingerprint density at radius 1 is 1.45 bits per heavy atom. The van der Waals surface area contributed by atoms with Gasteiger partial charge in [-0.15, -0.1) is 0 Å². The van der Waals surface area contributed by atoms with Gasteiger partial charge in [-0.25, -0.2) is 0 Å². The van der Waals surface area contributed by atoms with Crippen LogP contribution in [-0.2, 0) is 4.79 Å². The van der Waals surface area contributed by atoms with Gasteiger partial charge < -0.3 is 10.2 Å². The van der Waals surface area contributed by atoms with Crippen molar-refractivity contribution in [3.63, 3.8) is 0 Å². The molecule has 1 aliphatic rings. The van der Waals surface area contributed by atoms with Crippen molar-refractivity contribution in [2.24, 2.45) is 5.92 Å². The summed E-state index contributed by atoms with van der Waals surface area (Å²) in [5.74, 6) is -0.536. The van der Waals surface area contributed by atoms with Crippen molar-refractivity contribution in [3.8, 4) is 0 Å². The number of rotatable bonds is 2. The average molecular weight is 184 g/mol. The molecule has 2 unspecified atom stereocenters. The summed E-state index contributed by atoms with van der Waals surface area (Å²) in [5.41, 5.74) is 0. The van der Waals surface area contributed by atoms with Gasteiger partial charge in [-0.2, -0.15) is 0 Å². The molecule has 0 heterocycles. The second-order valence-electron chi connectivity index (χ2n) is 2.93. The van der Waals surface area contributed by atoms with E-state index in [1.807, 2.05) is 0 Å². The number of carboxylic acids is 1. The minimum atomic E-state index is -0.751. The molecule has 3 nitrogen and oxygen atoms in total. The first kappa shape index (κ1) is 12.1. The molecule has 1 aliphatic carbocycles. The Labute approximate surface area is 109 Å². The van der Waals surface area contributed by atoms with Gasteiger partial charge in [0.25, 0.3) is 0 Å². The minimum absolute atomic E-state index is 0. The molecule has 0 saturated heterocycles. The van der Waals surface area contributed by atoms with Crippen molar-refractivity contribution < 1.29 is 15.0 Å².